The lowest BCUT2D eigenvalue weighted by atomic mass is 9.94. The number of rotatable bonds is 6. The van der Waals surface area contributed by atoms with E-state index in [1.54, 1.807) is 0 Å². The molecule has 0 atom stereocenters. The van der Waals surface area contributed by atoms with Crippen LogP contribution in [0.4, 0.5) is 0 Å². The van der Waals surface area contributed by atoms with Crippen LogP contribution in [-0.4, -0.2) is 15.0 Å². The lowest BCUT2D eigenvalue weighted by Gasteiger charge is -2.13. The maximum atomic E-state index is 6.30. The van der Waals surface area contributed by atoms with Crippen LogP contribution in [-0.2, 0) is 0 Å². The molecular weight excluding hydrogens is 687 g/mol. The minimum Gasteiger partial charge on any atom is -0.456 e. The zero-order valence-electron chi connectivity index (χ0n) is 30.1. The second kappa shape index (κ2) is 13.0. The van der Waals surface area contributed by atoms with Crippen LogP contribution < -0.4 is 0 Å². The van der Waals surface area contributed by atoms with Crippen LogP contribution in [0.1, 0.15) is 0 Å². The van der Waals surface area contributed by atoms with Crippen LogP contribution in [0.3, 0.4) is 0 Å². The van der Waals surface area contributed by atoms with Gasteiger partial charge < -0.3 is 8.83 Å². The van der Waals surface area contributed by atoms with Crippen LogP contribution in [0.5, 0.6) is 0 Å². The maximum absolute atomic E-state index is 6.30. The first-order valence-electron chi connectivity index (χ1n) is 18.7. The van der Waals surface area contributed by atoms with Crippen molar-refractivity contribution in [2.45, 2.75) is 0 Å². The minimum absolute atomic E-state index is 0.552. The highest BCUT2D eigenvalue weighted by Crippen LogP contribution is 2.37. The van der Waals surface area contributed by atoms with Gasteiger partial charge in [-0.05, 0) is 88.0 Å². The fourth-order valence-corrected chi connectivity index (χ4v) is 7.70. The first-order valence-corrected chi connectivity index (χ1v) is 18.7. The van der Waals surface area contributed by atoms with Crippen molar-refractivity contribution in [2.75, 3.05) is 0 Å². The summed E-state index contributed by atoms with van der Waals surface area (Å²) in [4.78, 5) is 15.5. The van der Waals surface area contributed by atoms with Crippen molar-refractivity contribution in [3.8, 4) is 67.5 Å². The third-order valence-electron chi connectivity index (χ3n) is 10.5. The number of para-hydroxylation sites is 2. The highest BCUT2D eigenvalue weighted by Gasteiger charge is 2.18. The molecule has 0 aliphatic rings. The molecule has 0 radical (unpaired) electrons. The van der Waals surface area contributed by atoms with Gasteiger partial charge >= 0.3 is 0 Å². The summed E-state index contributed by atoms with van der Waals surface area (Å²) >= 11 is 0. The van der Waals surface area contributed by atoms with Gasteiger partial charge in [-0.2, -0.15) is 0 Å². The van der Waals surface area contributed by atoms with E-state index in [1.165, 1.54) is 11.1 Å². The summed E-state index contributed by atoms with van der Waals surface area (Å²) in [5.74, 6) is 1.67. The fraction of sp³-hybridized carbons (Fsp3) is 0. The second-order valence-corrected chi connectivity index (χ2v) is 14.0. The summed E-state index contributed by atoms with van der Waals surface area (Å²) in [6.07, 6.45) is 0. The Labute approximate surface area is 322 Å². The lowest BCUT2D eigenvalue weighted by molar-refractivity contribution is 0.668. The van der Waals surface area contributed by atoms with Crippen molar-refractivity contribution in [3.63, 3.8) is 0 Å². The smallest absolute Gasteiger partial charge is 0.164 e. The van der Waals surface area contributed by atoms with Crippen LogP contribution in [0.2, 0.25) is 0 Å². The molecule has 0 saturated heterocycles. The second-order valence-electron chi connectivity index (χ2n) is 14.0. The number of aromatic nitrogens is 3. The van der Waals surface area contributed by atoms with Crippen LogP contribution in [0.15, 0.2) is 197 Å². The zero-order chi connectivity index (χ0) is 37.0. The quantitative estimate of drug-likeness (QED) is 0.171. The molecule has 0 aliphatic carbocycles. The molecular formula is C51H31N3O2. The zero-order valence-corrected chi connectivity index (χ0v) is 30.1. The fourth-order valence-electron chi connectivity index (χ4n) is 7.70. The monoisotopic (exact) mass is 717 g/mol. The van der Waals surface area contributed by atoms with Crippen LogP contribution >= 0.6 is 0 Å². The third kappa shape index (κ3) is 5.62. The molecule has 0 N–H and O–H groups in total. The van der Waals surface area contributed by atoms with E-state index in [-0.39, 0.29) is 0 Å². The van der Waals surface area contributed by atoms with Gasteiger partial charge in [0.05, 0.1) is 0 Å². The van der Waals surface area contributed by atoms with Gasteiger partial charge in [0.15, 0.2) is 17.5 Å². The molecule has 0 unspecified atom stereocenters. The van der Waals surface area contributed by atoms with E-state index >= 15 is 0 Å². The molecule has 3 heterocycles. The molecule has 0 amide bonds. The van der Waals surface area contributed by atoms with Crippen molar-refractivity contribution in [1.29, 1.82) is 0 Å². The van der Waals surface area contributed by atoms with E-state index in [1.807, 2.05) is 60.7 Å². The topological polar surface area (TPSA) is 65.0 Å². The number of hydrogen-bond donors (Lipinski definition) is 0. The van der Waals surface area contributed by atoms with Gasteiger partial charge in [-0.3, -0.25) is 0 Å². The lowest BCUT2D eigenvalue weighted by Crippen LogP contribution is -2.00. The summed E-state index contributed by atoms with van der Waals surface area (Å²) in [6.45, 7) is 0. The van der Waals surface area contributed by atoms with E-state index < -0.39 is 0 Å². The minimum atomic E-state index is 0.552. The number of furan rings is 2. The Kier molecular flexibility index (Phi) is 7.42. The van der Waals surface area contributed by atoms with E-state index in [0.717, 1.165) is 82.8 Å². The van der Waals surface area contributed by atoms with Crippen molar-refractivity contribution >= 4 is 43.9 Å². The van der Waals surface area contributed by atoms with Crippen LogP contribution in [0, 0.1) is 0 Å². The predicted molar refractivity (Wildman–Crippen MR) is 227 cm³/mol. The summed E-state index contributed by atoms with van der Waals surface area (Å²) in [7, 11) is 0. The number of hydrogen-bond acceptors (Lipinski definition) is 5. The molecule has 0 bridgehead atoms. The molecule has 0 saturated carbocycles. The van der Waals surface area contributed by atoms with Gasteiger partial charge in [-0.25, -0.2) is 15.0 Å². The molecule has 5 heteroatoms. The highest BCUT2D eigenvalue weighted by atomic mass is 16.3. The Morgan fingerprint density at radius 2 is 0.571 bits per heavy atom. The first kappa shape index (κ1) is 31.9. The first-order chi connectivity index (χ1) is 27.7. The van der Waals surface area contributed by atoms with E-state index in [2.05, 4.69) is 127 Å². The molecule has 8 aromatic carbocycles. The van der Waals surface area contributed by atoms with Crippen LogP contribution in [0.25, 0.3) is 111 Å². The highest BCUT2D eigenvalue weighted by molar-refractivity contribution is 6.06. The third-order valence-corrected chi connectivity index (χ3v) is 10.5. The molecule has 56 heavy (non-hydrogen) atoms. The average Bonchev–Trinajstić information content (AvgIpc) is 3.84. The largest absolute Gasteiger partial charge is 0.456 e. The summed E-state index contributed by atoms with van der Waals surface area (Å²) in [5.41, 5.74) is 12.5. The van der Waals surface area contributed by atoms with E-state index in [0.29, 0.717) is 17.5 Å². The molecule has 0 aliphatic heterocycles. The van der Waals surface area contributed by atoms with E-state index in [4.69, 9.17) is 23.8 Å². The Morgan fingerprint density at radius 1 is 0.232 bits per heavy atom. The molecule has 5 nitrogen and oxygen atoms in total. The van der Waals surface area contributed by atoms with Crippen molar-refractivity contribution < 1.29 is 8.83 Å². The van der Waals surface area contributed by atoms with Crippen molar-refractivity contribution in [1.82, 2.24) is 15.0 Å². The predicted octanol–water partition coefficient (Wildman–Crippen LogP) is 13.7. The van der Waals surface area contributed by atoms with Crippen molar-refractivity contribution in [2.24, 2.45) is 0 Å². The normalized spacial score (nSPS) is 11.6. The average molecular weight is 718 g/mol. The van der Waals surface area contributed by atoms with Gasteiger partial charge in [-0.1, -0.05) is 133 Å². The van der Waals surface area contributed by atoms with Crippen molar-refractivity contribution in [3.05, 3.63) is 188 Å². The summed E-state index contributed by atoms with van der Waals surface area (Å²) in [5, 5.41) is 4.25. The molecule has 0 fully saturated rings. The maximum Gasteiger partial charge on any atom is 0.164 e. The number of nitrogens with zero attached hydrogens (tertiary/aromatic N) is 3. The molecule has 11 rings (SSSR count). The summed E-state index contributed by atoms with van der Waals surface area (Å²) < 4.78 is 12.6. The van der Waals surface area contributed by atoms with Gasteiger partial charge in [0, 0.05) is 38.2 Å². The Balaban J connectivity index is 1.10. The number of benzene rings is 8. The Bertz CT molecular complexity index is 3110. The standard InChI is InChI=1S/C51H31N3O2/c1-3-11-32(12-4-1)34-19-21-35(22-20-34)39-27-38(33-13-5-2-6-14-33)28-40(29-39)51-53-49(36-23-25-43-41-15-7-9-17-45(41)55-47(43)30-36)52-50(54-51)37-24-26-44-42-16-8-10-18-46(42)56-48(44)31-37/h1-31H. The van der Waals surface area contributed by atoms with Gasteiger partial charge in [-0.15, -0.1) is 0 Å². The number of fused-ring (bicyclic) bond motifs is 6. The Hall–Kier alpha value is -7.63. The Morgan fingerprint density at radius 3 is 1.07 bits per heavy atom. The van der Waals surface area contributed by atoms with E-state index in [9.17, 15) is 0 Å². The molecule has 3 aromatic heterocycles. The van der Waals surface area contributed by atoms with Gasteiger partial charge in [0.2, 0.25) is 0 Å². The molecule has 0 spiro atoms. The van der Waals surface area contributed by atoms with Gasteiger partial charge in [0.1, 0.15) is 22.3 Å². The SMILES string of the molecule is c1ccc(-c2ccc(-c3cc(-c4ccccc4)cc(-c4nc(-c5ccc6c(c5)oc5ccccc56)nc(-c5ccc6c(c5)oc5ccccc56)n4)c3)cc2)cc1. The summed E-state index contributed by atoms with van der Waals surface area (Å²) in [6, 6.07) is 64.8. The molecule has 11 aromatic rings. The van der Waals surface area contributed by atoms with Gasteiger partial charge in [0.25, 0.3) is 0 Å². The molecule has 262 valence electrons.